The molecule has 1 atom stereocenters. The standard InChI is InChI=1S/C18H19ClN2S/c1-18(2)17(20)16(14-8-4-3-5-9-14)22-21(18)12-13-7-6-10-15(19)11-13/h3-11,16,20H,12H2,1-2H3. The maximum atomic E-state index is 8.60. The van der Waals surface area contributed by atoms with E-state index in [2.05, 4.69) is 36.4 Å². The maximum absolute atomic E-state index is 8.60. The number of benzene rings is 2. The highest BCUT2D eigenvalue weighted by molar-refractivity contribution is 7.98. The van der Waals surface area contributed by atoms with Crippen molar-refractivity contribution in [2.24, 2.45) is 0 Å². The van der Waals surface area contributed by atoms with E-state index in [1.165, 1.54) is 11.1 Å². The number of nitrogens with one attached hydrogen (secondary N) is 1. The van der Waals surface area contributed by atoms with Crippen LogP contribution in [0.3, 0.4) is 0 Å². The molecule has 4 heteroatoms. The zero-order valence-corrected chi connectivity index (χ0v) is 14.3. The van der Waals surface area contributed by atoms with Gasteiger partial charge in [-0.25, -0.2) is 4.31 Å². The van der Waals surface area contributed by atoms with Crippen LogP contribution >= 0.6 is 23.5 Å². The Morgan fingerprint density at radius 3 is 2.55 bits per heavy atom. The minimum absolute atomic E-state index is 0.0929. The van der Waals surface area contributed by atoms with Gasteiger partial charge in [0.05, 0.1) is 10.8 Å². The Bertz CT molecular complexity index is 684. The lowest BCUT2D eigenvalue weighted by atomic mass is 9.92. The van der Waals surface area contributed by atoms with Crippen LogP contribution in [0.1, 0.15) is 30.2 Å². The van der Waals surface area contributed by atoms with Crippen LogP contribution in [-0.4, -0.2) is 15.6 Å². The van der Waals surface area contributed by atoms with Gasteiger partial charge in [0, 0.05) is 17.3 Å². The molecule has 1 heterocycles. The second-order valence-electron chi connectivity index (χ2n) is 6.04. The summed E-state index contributed by atoms with van der Waals surface area (Å²) in [6.45, 7) is 5.02. The van der Waals surface area contributed by atoms with Crippen molar-refractivity contribution >= 4 is 29.3 Å². The molecule has 1 unspecified atom stereocenters. The first kappa shape index (κ1) is 15.6. The summed E-state index contributed by atoms with van der Waals surface area (Å²) in [4.78, 5) is 0. The molecule has 1 aliphatic rings. The minimum Gasteiger partial charge on any atom is -0.306 e. The summed E-state index contributed by atoms with van der Waals surface area (Å²) in [5, 5.41) is 9.45. The fourth-order valence-corrected chi connectivity index (χ4v) is 4.38. The highest BCUT2D eigenvalue weighted by Gasteiger charge is 2.45. The second kappa shape index (κ2) is 6.07. The van der Waals surface area contributed by atoms with Gasteiger partial charge in [0.1, 0.15) is 0 Å². The Morgan fingerprint density at radius 1 is 1.14 bits per heavy atom. The molecule has 0 radical (unpaired) electrons. The van der Waals surface area contributed by atoms with Crippen LogP contribution in [0, 0.1) is 5.41 Å². The molecule has 0 amide bonds. The molecule has 1 fully saturated rings. The first-order chi connectivity index (χ1) is 10.5. The van der Waals surface area contributed by atoms with Gasteiger partial charge >= 0.3 is 0 Å². The third kappa shape index (κ3) is 2.94. The van der Waals surface area contributed by atoms with Gasteiger partial charge in [-0.1, -0.05) is 66.0 Å². The van der Waals surface area contributed by atoms with Crippen LogP contribution in [0.15, 0.2) is 54.6 Å². The van der Waals surface area contributed by atoms with Gasteiger partial charge in [-0.05, 0) is 37.1 Å². The summed E-state index contributed by atoms with van der Waals surface area (Å²) in [7, 11) is 0. The van der Waals surface area contributed by atoms with Crippen LogP contribution in [0.4, 0.5) is 0 Å². The van der Waals surface area contributed by atoms with Crippen LogP contribution in [0.2, 0.25) is 5.02 Å². The highest BCUT2D eigenvalue weighted by atomic mass is 35.5. The fourth-order valence-electron chi connectivity index (χ4n) is 2.66. The molecule has 1 N–H and O–H groups in total. The lowest BCUT2D eigenvalue weighted by Crippen LogP contribution is -2.40. The summed E-state index contributed by atoms with van der Waals surface area (Å²) in [6.07, 6.45) is 0. The molecule has 1 saturated heterocycles. The average Bonchev–Trinajstić information content (AvgIpc) is 2.72. The van der Waals surface area contributed by atoms with E-state index in [0.717, 1.165) is 17.3 Å². The molecule has 2 aromatic rings. The predicted molar refractivity (Wildman–Crippen MR) is 95.6 cm³/mol. The smallest absolute Gasteiger partial charge is 0.0839 e. The quantitative estimate of drug-likeness (QED) is 0.769. The molecule has 0 saturated carbocycles. The number of nitrogens with zero attached hydrogens (tertiary/aromatic N) is 1. The van der Waals surface area contributed by atoms with Crippen molar-refractivity contribution in [1.82, 2.24) is 4.31 Å². The van der Waals surface area contributed by atoms with Crippen molar-refractivity contribution in [1.29, 1.82) is 5.41 Å². The van der Waals surface area contributed by atoms with E-state index in [1.54, 1.807) is 11.9 Å². The average molecular weight is 331 g/mol. The van der Waals surface area contributed by atoms with Crippen molar-refractivity contribution in [3.8, 4) is 0 Å². The minimum atomic E-state index is -0.270. The number of hydrogen-bond donors (Lipinski definition) is 1. The molecule has 0 aliphatic carbocycles. The van der Waals surface area contributed by atoms with E-state index >= 15 is 0 Å². The number of hydrogen-bond acceptors (Lipinski definition) is 3. The van der Waals surface area contributed by atoms with E-state index in [-0.39, 0.29) is 10.8 Å². The van der Waals surface area contributed by atoms with Gasteiger partial charge in [-0.3, -0.25) is 0 Å². The molecular formula is C18H19ClN2S. The van der Waals surface area contributed by atoms with Crippen molar-refractivity contribution in [2.45, 2.75) is 31.2 Å². The van der Waals surface area contributed by atoms with Gasteiger partial charge in [0.15, 0.2) is 0 Å². The van der Waals surface area contributed by atoms with E-state index < -0.39 is 0 Å². The van der Waals surface area contributed by atoms with Crippen LogP contribution in [0.5, 0.6) is 0 Å². The Balaban J connectivity index is 1.85. The SMILES string of the molecule is CC1(C)C(=N)C(c2ccccc2)SN1Cc1cccc(Cl)c1. The van der Waals surface area contributed by atoms with Gasteiger partial charge < -0.3 is 5.41 Å². The summed E-state index contributed by atoms with van der Waals surface area (Å²) < 4.78 is 2.29. The molecule has 0 bridgehead atoms. The molecular weight excluding hydrogens is 312 g/mol. The van der Waals surface area contributed by atoms with Crippen molar-refractivity contribution in [2.75, 3.05) is 0 Å². The molecule has 0 aromatic heterocycles. The predicted octanol–water partition coefficient (Wildman–Crippen LogP) is 5.34. The van der Waals surface area contributed by atoms with E-state index in [1.807, 2.05) is 36.4 Å². The topological polar surface area (TPSA) is 27.1 Å². The lowest BCUT2D eigenvalue weighted by Gasteiger charge is -2.29. The Kier molecular flexibility index (Phi) is 4.31. The van der Waals surface area contributed by atoms with Crippen LogP contribution < -0.4 is 0 Å². The third-order valence-electron chi connectivity index (χ3n) is 4.09. The molecule has 2 nitrogen and oxygen atoms in total. The molecule has 3 rings (SSSR count). The summed E-state index contributed by atoms with van der Waals surface area (Å²) in [6, 6.07) is 18.2. The first-order valence-electron chi connectivity index (χ1n) is 7.31. The molecule has 22 heavy (non-hydrogen) atoms. The second-order valence-corrected chi connectivity index (χ2v) is 7.59. The van der Waals surface area contributed by atoms with Crippen molar-refractivity contribution < 1.29 is 0 Å². The van der Waals surface area contributed by atoms with Gasteiger partial charge in [-0.2, -0.15) is 0 Å². The zero-order chi connectivity index (χ0) is 15.7. The Morgan fingerprint density at radius 2 is 1.86 bits per heavy atom. The fraction of sp³-hybridized carbons (Fsp3) is 0.278. The molecule has 0 spiro atoms. The normalized spacial score (nSPS) is 21.2. The van der Waals surface area contributed by atoms with Crippen molar-refractivity contribution in [3.63, 3.8) is 0 Å². The number of rotatable bonds is 3. The van der Waals surface area contributed by atoms with Gasteiger partial charge in [0.25, 0.3) is 0 Å². The van der Waals surface area contributed by atoms with Crippen LogP contribution in [0.25, 0.3) is 0 Å². The van der Waals surface area contributed by atoms with Gasteiger partial charge in [-0.15, -0.1) is 0 Å². The van der Waals surface area contributed by atoms with E-state index in [0.29, 0.717) is 0 Å². The summed E-state index contributed by atoms with van der Waals surface area (Å²) >= 11 is 7.83. The molecule has 2 aromatic carbocycles. The van der Waals surface area contributed by atoms with Crippen LogP contribution in [-0.2, 0) is 6.54 Å². The molecule has 114 valence electrons. The van der Waals surface area contributed by atoms with E-state index in [9.17, 15) is 0 Å². The Labute approximate surface area is 141 Å². The third-order valence-corrected chi connectivity index (χ3v) is 5.89. The summed E-state index contributed by atoms with van der Waals surface area (Å²) in [5.74, 6) is 0. The first-order valence-corrected chi connectivity index (χ1v) is 8.52. The zero-order valence-electron chi connectivity index (χ0n) is 12.7. The van der Waals surface area contributed by atoms with E-state index in [4.69, 9.17) is 17.0 Å². The number of halogens is 1. The molecule has 1 aliphatic heterocycles. The monoisotopic (exact) mass is 330 g/mol. The largest absolute Gasteiger partial charge is 0.306 e. The Hall–Kier alpha value is -1.29. The van der Waals surface area contributed by atoms with Gasteiger partial charge in [0.2, 0.25) is 0 Å². The maximum Gasteiger partial charge on any atom is 0.0839 e. The highest BCUT2D eigenvalue weighted by Crippen LogP contribution is 2.48. The summed E-state index contributed by atoms with van der Waals surface area (Å²) in [5.41, 5.74) is 2.85. The lowest BCUT2D eigenvalue weighted by molar-refractivity contribution is 0.335. The van der Waals surface area contributed by atoms with Crippen molar-refractivity contribution in [3.05, 3.63) is 70.7 Å².